The fourth-order valence-electron chi connectivity index (χ4n) is 4.55. The summed E-state index contributed by atoms with van der Waals surface area (Å²) in [6, 6.07) is 12.2. The average molecular weight is 488 g/mol. The van der Waals surface area contributed by atoms with Gasteiger partial charge in [0.1, 0.15) is 11.9 Å². The van der Waals surface area contributed by atoms with Crippen LogP contribution in [0.3, 0.4) is 0 Å². The van der Waals surface area contributed by atoms with E-state index in [1.165, 1.54) is 12.1 Å². The standard InChI is InChI=1S/C27H30FN7O/c1-30-22-9-11-35(12-10-22)27(33(2)3)32-26(19-5-6-20(15-29)24(28)14-19)23(17-36)18-7-8-25-21(13-18)16-31-34(25)4/h5-8,13-14,16-17,22,30H,9-12H2,1-4H3/b26-23+,32-27+. The van der Waals surface area contributed by atoms with Gasteiger partial charge >= 0.3 is 0 Å². The molecule has 1 saturated heterocycles. The average Bonchev–Trinajstić information content (AvgIpc) is 3.26. The maximum Gasteiger partial charge on any atom is 0.201 e. The van der Waals surface area contributed by atoms with Crippen LogP contribution in [-0.2, 0) is 11.8 Å². The van der Waals surface area contributed by atoms with Crippen LogP contribution in [0.2, 0.25) is 0 Å². The lowest BCUT2D eigenvalue weighted by molar-refractivity contribution is -0.103. The SMILES string of the molecule is CNC1CCN(/C(=N/C(=C(\C=O)c2ccc3c(cnn3C)c2)c2ccc(C#N)c(F)c2)N(C)C)CC1. The topological polar surface area (TPSA) is 89.5 Å². The van der Waals surface area contributed by atoms with Crippen molar-refractivity contribution in [1.29, 1.82) is 5.26 Å². The number of fused-ring (bicyclic) bond motifs is 1. The molecule has 36 heavy (non-hydrogen) atoms. The maximum absolute atomic E-state index is 14.7. The van der Waals surface area contributed by atoms with Gasteiger partial charge in [0.05, 0.1) is 23.0 Å². The van der Waals surface area contributed by atoms with E-state index < -0.39 is 5.82 Å². The largest absolute Gasteiger partial charge is 0.349 e. The molecule has 186 valence electrons. The molecular formula is C27H30FN7O. The first kappa shape index (κ1) is 25.1. The maximum atomic E-state index is 14.7. The summed E-state index contributed by atoms with van der Waals surface area (Å²) in [5, 5.41) is 17.7. The number of likely N-dealkylation sites (tertiary alicyclic amines) is 1. The molecule has 1 aliphatic rings. The Hall–Kier alpha value is -4.03. The quantitative estimate of drug-likeness (QED) is 0.195. The third kappa shape index (κ3) is 4.99. The van der Waals surface area contributed by atoms with E-state index in [2.05, 4.69) is 15.3 Å². The predicted octanol–water partition coefficient (Wildman–Crippen LogP) is 3.25. The first-order valence-electron chi connectivity index (χ1n) is 11.9. The number of benzene rings is 2. The Morgan fingerprint density at radius 2 is 1.94 bits per heavy atom. The van der Waals surface area contributed by atoms with Gasteiger partial charge in [-0.15, -0.1) is 0 Å². The second-order valence-corrected chi connectivity index (χ2v) is 9.08. The van der Waals surface area contributed by atoms with Gasteiger partial charge in [-0.2, -0.15) is 10.4 Å². The van der Waals surface area contributed by atoms with E-state index in [4.69, 9.17) is 4.99 Å². The number of halogens is 1. The normalized spacial score (nSPS) is 15.6. The molecule has 0 saturated carbocycles. The van der Waals surface area contributed by atoms with Crippen molar-refractivity contribution < 1.29 is 9.18 Å². The zero-order chi connectivity index (χ0) is 25.8. The number of nitriles is 1. The number of aliphatic imine (C=N–C) groups is 1. The molecule has 1 aliphatic heterocycles. The highest BCUT2D eigenvalue weighted by atomic mass is 19.1. The minimum Gasteiger partial charge on any atom is -0.349 e. The van der Waals surface area contributed by atoms with Crippen LogP contribution in [0.1, 0.15) is 29.5 Å². The number of hydrogen-bond donors (Lipinski definition) is 1. The zero-order valence-electron chi connectivity index (χ0n) is 21.0. The molecule has 2 heterocycles. The van der Waals surface area contributed by atoms with Crippen molar-refractivity contribution in [2.75, 3.05) is 34.2 Å². The second-order valence-electron chi connectivity index (χ2n) is 9.08. The van der Waals surface area contributed by atoms with Gasteiger partial charge in [-0.25, -0.2) is 9.38 Å². The highest BCUT2D eigenvalue weighted by molar-refractivity contribution is 6.18. The van der Waals surface area contributed by atoms with Crippen LogP contribution in [0.15, 0.2) is 47.6 Å². The first-order chi connectivity index (χ1) is 17.4. The Morgan fingerprint density at radius 1 is 1.22 bits per heavy atom. The monoisotopic (exact) mass is 487 g/mol. The summed E-state index contributed by atoms with van der Waals surface area (Å²) in [5.74, 6) is 0.0306. The summed E-state index contributed by atoms with van der Waals surface area (Å²) in [5.41, 5.74) is 2.61. The number of carbonyl (C=O) groups is 1. The first-order valence-corrected chi connectivity index (χ1v) is 11.9. The number of hydrogen-bond acceptors (Lipinski definition) is 5. The minimum atomic E-state index is -0.656. The van der Waals surface area contributed by atoms with Gasteiger partial charge in [0.15, 0.2) is 6.29 Å². The predicted molar refractivity (Wildman–Crippen MR) is 139 cm³/mol. The number of allylic oxidation sites excluding steroid dienone is 1. The molecule has 0 spiro atoms. The van der Waals surface area contributed by atoms with E-state index in [1.54, 1.807) is 16.9 Å². The second kappa shape index (κ2) is 10.7. The molecule has 0 atom stereocenters. The molecule has 0 bridgehead atoms. The summed E-state index contributed by atoms with van der Waals surface area (Å²) in [4.78, 5) is 21.6. The molecule has 8 nitrogen and oxygen atoms in total. The molecule has 2 aromatic carbocycles. The molecule has 1 N–H and O–H groups in total. The summed E-state index contributed by atoms with van der Waals surface area (Å²) < 4.78 is 16.5. The van der Waals surface area contributed by atoms with Crippen LogP contribution >= 0.6 is 0 Å². The van der Waals surface area contributed by atoms with Crippen molar-refractivity contribution in [2.45, 2.75) is 18.9 Å². The number of piperidine rings is 1. The van der Waals surface area contributed by atoms with Crippen molar-refractivity contribution in [3.05, 3.63) is 65.1 Å². The van der Waals surface area contributed by atoms with Gasteiger partial charge in [-0.05, 0) is 49.7 Å². The molecule has 3 aromatic rings. The third-order valence-electron chi connectivity index (χ3n) is 6.59. The van der Waals surface area contributed by atoms with Gasteiger partial charge in [0, 0.05) is 56.8 Å². The van der Waals surface area contributed by atoms with Crippen LogP contribution in [-0.4, -0.2) is 72.1 Å². The van der Waals surface area contributed by atoms with E-state index in [0.717, 1.165) is 43.1 Å². The Bertz CT molecular complexity index is 1370. The van der Waals surface area contributed by atoms with E-state index in [9.17, 15) is 14.4 Å². The van der Waals surface area contributed by atoms with E-state index >= 15 is 0 Å². The molecule has 9 heteroatoms. The number of rotatable bonds is 5. The Morgan fingerprint density at radius 3 is 2.56 bits per heavy atom. The van der Waals surface area contributed by atoms with Crippen molar-refractivity contribution in [3.8, 4) is 6.07 Å². The summed E-state index contributed by atoms with van der Waals surface area (Å²) in [6.45, 7) is 1.60. The van der Waals surface area contributed by atoms with Crippen LogP contribution in [0, 0.1) is 17.1 Å². The van der Waals surface area contributed by atoms with Crippen LogP contribution in [0.4, 0.5) is 4.39 Å². The molecule has 0 radical (unpaired) electrons. The highest BCUT2D eigenvalue weighted by Crippen LogP contribution is 2.30. The number of carbonyl (C=O) groups excluding carboxylic acids is 1. The van der Waals surface area contributed by atoms with E-state index in [-0.39, 0.29) is 5.56 Å². The molecule has 1 fully saturated rings. The van der Waals surface area contributed by atoms with Crippen molar-refractivity contribution in [3.63, 3.8) is 0 Å². The third-order valence-corrected chi connectivity index (χ3v) is 6.59. The van der Waals surface area contributed by atoms with Crippen LogP contribution < -0.4 is 5.32 Å². The minimum absolute atomic E-state index is 0.0616. The van der Waals surface area contributed by atoms with E-state index in [1.807, 2.05) is 57.4 Å². The molecular weight excluding hydrogens is 457 g/mol. The van der Waals surface area contributed by atoms with Crippen molar-refractivity contribution >= 4 is 34.4 Å². The van der Waals surface area contributed by atoms with E-state index in [0.29, 0.717) is 34.4 Å². The lowest BCUT2D eigenvalue weighted by Crippen LogP contribution is -2.48. The molecule has 0 amide bonds. The van der Waals surface area contributed by atoms with Gasteiger partial charge in [-0.3, -0.25) is 9.48 Å². The summed E-state index contributed by atoms with van der Waals surface area (Å²) >= 11 is 0. The number of nitrogens with zero attached hydrogens (tertiary/aromatic N) is 6. The summed E-state index contributed by atoms with van der Waals surface area (Å²) in [7, 11) is 7.63. The smallest absolute Gasteiger partial charge is 0.201 e. The molecule has 0 aliphatic carbocycles. The highest BCUT2D eigenvalue weighted by Gasteiger charge is 2.23. The molecule has 0 unspecified atom stereocenters. The number of aryl methyl sites for hydroxylation is 1. The lowest BCUT2D eigenvalue weighted by atomic mass is 9.98. The van der Waals surface area contributed by atoms with Crippen molar-refractivity contribution in [1.82, 2.24) is 24.9 Å². The molecule has 1 aromatic heterocycles. The Kier molecular flexibility index (Phi) is 7.46. The number of aromatic nitrogens is 2. The number of nitrogens with one attached hydrogen (secondary N) is 1. The Labute approximate surface area is 210 Å². The number of guanidine groups is 1. The molecule has 4 rings (SSSR count). The van der Waals surface area contributed by atoms with Gasteiger partial charge in [0.25, 0.3) is 0 Å². The van der Waals surface area contributed by atoms with Crippen LogP contribution in [0.25, 0.3) is 22.2 Å². The fourth-order valence-corrected chi connectivity index (χ4v) is 4.55. The van der Waals surface area contributed by atoms with Gasteiger partial charge in [0.2, 0.25) is 5.96 Å². The summed E-state index contributed by atoms with van der Waals surface area (Å²) in [6.07, 6.45) is 4.42. The lowest BCUT2D eigenvalue weighted by Gasteiger charge is -2.36. The number of aldehydes is 1. The zero-order valence-corrected chi connectivity index (χ0v) is 21.0. The van der Waals surface area contributed by atoms with Gasteiger partial charge < -0.3 is 15.1 Å². The van der Waals surface area contributed by atoms with Gasteiger partial charge in [-0.1, -0.05) is 12.1 Å². The van der Waals surface area contributed by atoms with Crippen molar-refractivity contribution in [2.24, 2.45) is 12.0 Å². The Balaban J connectivity index is 1.91. The van der Waals surface area contributed by atoms with Crippen LogP contribution in [0.5, 0.6) is 0 Å². The fraction of sp³-hybridized carbons (Fsp3) is 0.333.